The zero-order chi connectivity index (χ0) is 9.97. The second-order valence-corrected chi connectivity index (χ2v) is 4.56. The van der Waals surface area contributed by atoms with Gasteiger partial charge in [-0.15, -0.1) is 11.3 Å². The van der Waals surface area contributed by atoms with E-state index in [1.165, 1.54) is 0 Å². The van der Waals surface area contributed by atoms with Crippen molar-refractivity contribution in [3.8, 4) is 0 Å². The molecule has 2 rings (SSSR count). The molecule has 3 nitrogen and oxygen atoms in total. The van der Waals surface area contributed by atoms with E-state index in [0.717, 1.165) is 43.1 Å². The van der Waals surface area contributed by atoms with E-state index in [1.807, 2.05) is 11.8 Å². The van der Waals surface area contributed by atoms with Crippen molar-refractivity contribution in [2.75, 3.05) is 13.1 Å². The predicted molar refractivity (Wildman–Crippen MR) is 56.4 cm³/mol. The summed E-state index contributed by atoms with van der Waals surface area (Å²) >= 11 is 1.69. The van der Waals surface area contributed by atoms with Gasteiger partial charge in [-0.25, -0.2) is 4.98 Å². The van der Waals surface area contributed by atoms with Crippen molar-refractivity contribution in [3.63, 3.8) is 0 Å². The van der Waals surface area contributed by atoms with Gasteiger partial charge in [-0.2, -0.15) is 0 Å². The van der Waals surface area contributed by atoms with E-state index in [9.17, 15) is 4.79 Å². The minimum atomic E-state index is 0.304. The molecule has 0 saturated carbocycles. The van der Waals surface area contributed by atoms with E-state index in [4.69, 9.17) is 0 Å². The molecule has 0 spiro atoms. The van der Waals surface area contributed by atoms with Gasteiger partial charge in [0.1, 0.15) is 0 Å². The zero-order valence-electron chi connectivity index (χ0n) is 8.32. The van der Waals surface area contributed by atoms with E-state index in [-0.39, 0.29) is 0 Å². The number of carbonyl (C=O) groups is 1. The summed E-state index contributed by atoms with van der Waals surface area (Å²) in [5.74, 6) is 0.304. The van der Waals surface area contributed by atoms with Gasteiger partial charge in [0.15, 0.2) is 0 Å². The van der Waals surface area contributed by atoms with Gasteiger partial charge < -0.3 is 4.90 Å². The lowest BCUT2D eigenvalue weighted by atomic mass is 10.4. The molecule has 0 unspecified atom stereocenters. The lowest BCUT2D eigenvalue weighted by molar-refractivity contribution is -0.127. The summed E-state index contributed by atoms with van der Waals surface area (Å²) in [7, 11) is 0. The van der Waals surface area contributed by atoms with Crippen LogP contribution in [0.5, 0.6) is 0 Å². The number of thiazole rings is 1. The molecule has 0 bridgehead atoms. The molecule has 0 aliphatic carbocycles. The van der Waals surface area contributed by atoms with Crippen LogP contribution in [0.4, 0.5) is 0 Å². The number of aromatic nitrogens is 1. The van der Waals surface area contributed by atoms with Crippen molar-refractivity contribution in [2.45, 2.75) is 26.2 Å². The Balaban J connectivity index is 1.85. The Kier molecular flexibility index (Phi) is 2.82. The number of likely N-dealkylation sites (tertiary alicyclic amines) is 1. The minimum Gasteiger partial charge on any atom is -0.342 e. The molecule has 1 aromatic rings. The van der Waals surface area contributed by atoms with Gasteiger partial charge in [0.25, 0.3) is 0 Å². The van der Waals surface area contributed by atoms with Crippen molar-refractivity contribution in [1.82, 2.24) is 9.88 Å². The number of amides is 1. The van der Waals surface area contributed by atoms with Crippen molar-refractivity contribution in [1.29, 1.82) is 0 Å². The molecule has 0 atom stereocenters. The summed E-state index contributed by atoms with van der Waals surface area (Å²) in [6.45, 7) is 3.77. The third kappa shape index (κ3) is 2.12. The highest BCUT2D eigenvalue weighted by Crippen LogP contribution is 2.13. The highest BCUT2D eigenvalue weighted by atomic mass is 32.1. The predicted octanol–water partition coefficient (Wildman–Crippen LogP) is 1.62. The SMILES string of the molecule is Cc1csc(CCN2CCCC2=O)n1. The first kappa shape index (κ1) is 9.65. The molecule has 14 heavy (non-hydrogen) atoms. The number of rotatable bonds is 3. The van der Waals surface area contributed by atoms with Crippen molar-refractivity contribution in [3.05, 3.63) is 16.1 Å². The largest absolute Gasteiger partial charge is 0.342 e. The fourth-order valence-corrected chi connectivity index (χ4v) is 2.45. The maximum Gasteiger partial charge on any atom is 0.222 e. The Bertz CT molecular complexity index is 335. The molecule has 2 heterocycles. The topological polar surface area (TPSA) is 33.2 Å². The molecule has 1 fully saturated rings. The molecule has 0 aromatic carbocycles. The summed E-state index contributed by atoms with van der Waals surface area (Å²) in [6.07, 6.45) is 2.66. The average Bonchev–Trinajstić information content (AvgIpc) is 2.72. The molecule has 1 aromatic heterocycles. The van der Waals surface area contributed by atoms with Gasteiger partial charge in [-0.05, 0) is 13.3 Å². The third-order valence-electron chi connectivity index (χ3n) is 2.43. The lowest BCUT2D eigenvalue weighted by Gasteiger charge is -2.13. The Morgan fingerprint density at radius 1 is 1.64 bits per heavy atom. The van der Waals surface area contributed by atoms with Gasteiger partial charge in [-0.3, -0.25) is 4.79 Å². The zero-order valence-corrected chi connectivity index (χ0v) is 9.14. The van der Waals surface area contributed by atoms with Crippen LogP contribution in [0, 0.1) is 6.92 Å². The first-order chi connectivity index (χ1) is 6.75. The Hall–Kier alpha value is -0.900. The Morgan fingerprint density at radius 3 is 3.07 bits per heavy atom. The highest BCUT2D eigenvalue weighted by Gasteiger charge is 2.19. The fourth-order valence-electron chi connectivity index (χ4n) is 1.69. The summed E-state index contributed by atoms with van der Waals surface area (Å²) in [5, 5.41) is 3.20. The summed E-state index contributed by atoms with van der Waals surface area (Å²) in [6, 6.07) is 0. The molecule has 1 saturated heterocycles. The second kappa shape index (κ2) is 4.09. The summed E-state index contributed by atoms with van der Waals surface area (Å²) in [5.41, 5.74) is 1.08. The quantitative estimate of drug-likeness (QED) is 0.759. The molecule has 0 radical (unpaired) electrons. The highest BCUT2D eigenvalue weighted by molar-refractivity contribution is 7.09. The molecular formula is C10H14N2OS. The van der Waals surface area contributed by atoms with E-state index in [1.54, 1.807) is 11.3 Å². The van der Waals surface area contributed by atoms with Gasteiger partial charge in [0, 0.05) is 37.0 Å². The van der Waals surface area contributed by atoms with Crippen LogP contribution < -0.4 is 0 Å². The van der Waals surface area contributed by atoms with Crippen LogP contribution in [0.25, 0.3) is 0 Å². The summed E-state index contributed by atoms with van der Waals surface area (Å²) in [4.78, 5) is 17.6. The number of hydrogen-bond acceptors (Lipinski definition) is 3. The number of carbonyl (C=O) groups excluding carboxylic acids is 1. The van der Waals surface area contributed by atoms with Crippen LogP contribution in [-0.4, -0.2) is 28.9 Å². The normalized spacial score (nSPS) is 16.6. The molecule has 1 aliphatic rings. The van der Waals surface area contributed by atoms with Gasteiger partial charge in [0.05, 0.1) is 5.01 Å². The van der Waals surface area contributed by atoms with Gasteiger partial charge in [-0.1, -0.05) is 0 Å². The van der Waals surface area contributed by atoms with Crippen molar-refractivity contribution in [2.24, 2.45) is 0 Å². The average molecular weight is 210 g/mol. The Labute approximate surface area is 87.8 Å². The molecule has 4 heteroatoms. The van der Waals surface area contributed by atoms with Crippen LogP contribution in [0.15, 0.2) is 5.38 Å². The van der Waals surface area contributed by atoms with Crippen LogP contribution in [0.2, 0.25) is 0 Å². The second-order valence-electron chi connectivity index (χ2n) is 3.62. The number of aryl methyl sites for hydroxylation is 1. The fraction of sp³-hybridized carbons (Fsp3) is 0.600. The van der Waals surface area contributed by atoms with E-state index < -0.39 is 0 Å². The third-order valence-corrected chi connectivity index (χ3v) is 3.46. The molecular weight excluding hydrogens is 196 g/mol. The molecule has 1 amide bonds. The van der Waals surface area contributed by atoms with Crippen LogP contribution in [0.1, 0.15) is 23.5 Å². The first-order valence-electron chi connectivity index (χ1n) is 4.94. The standard InChI is InChI=1S/C10H14N2OS/c1-8-7-14-9(11-8)4-6-12-5-2-3-10(12)13/h7H,2-6H2,1H3. The van der Waals surface area contributed by atoms with E-state index in [2.05, 4.69) is 10.4 Å². The van der Waals surface area contributed by atoms with Crippen molar-refractivity contribution >= 4 is 17.2 Å². The molecule has 0 N–H and O–H groups in total. The first-order valence-corrected chi connectivity index (χ1v) is 5.82. The minimum absolute atomic E-state index is 0.304. The van der Waals surface area contributed by atoms with Crippen molar-refractivity contribution < 1.29 is 4.79 Å². The summed E-state index contributed by atoms with van der Waals surface area (Å²) < 4.78 is 0. The van der Waals surface area contributed by atoms with Gasteiger partial charge >= 0.3 is 0 Å². The molecule has 76 valence electrons. The maximum atomic E-state index is 11.3. The van der Waals surface area contributed by atoms with E-state index in [0.29, 0.717) is 5.91 Å². The maximum absolute atomic E-state index is 11.3. The lowest BCUT2D eigenvalue weighted by Crippen LogP contribution is -2.26. The van der Waals surface area contributed by atoms with E-state index >= 15 is 0 Å². The number of nitrogens with zero attached hydrogens (tertiary/aromatic N) is 2. The monoisotopic (exact) mass is 210 g/mol. The molecule has 1 aliphatic heterocycles. The number of hydrogen-bond donors (Lipinski definition) is 0. The smallest absolute Gasteiger partial charge is 0.222 e. The van der Waals surface area contributed by atoms with Gasteiger partial charge in [0.2, 0.25) is 5.91 Å². The van der Waals surface area contributed by atoms with Crippen LogP contribution >= 0.6 is 11.3 Å². The van der Waals surface area contributed by atoms with Crippen LogP contribution in [-0.2, 0) is 11.2 Å². The van der Waals surface area contributed by atoms with Crippen LogP contribution in [0.3, 0.4) is 0 Å². The Morgan fingerprint density at radius 2 is 2.50 bits per heavy atom.